The molecule has 2 aromatic rings. The van der Waals surface area contributed by atoms with Gasteiger partial charge in [-0.25, -0.2) is 4.98 Å². The molecule has 0 spiro atoms. The van der Waals surface area contributed by atoms with Crippen LogP contribution in [0.25, 0.3) is 0 Å². The largest absolute Gasteiger partial charge is 0.252 e. The van der Waals surface area contributed by atoms with Crippen LogP contribution in [0.3, 0.4) is 0 Å². The van der Waals surface area contributed by atoms with Crippen molar-refractivity contribution >= 4 is 0 Å². The first-order valence-electron chi connectivity index (χ1n) is 11.5. The summed E-state index contributed by atoms with van der Waals surface area (Å²) in [7, 11) is 0. The summed E-state index contributed by atoms with van der Waals surface area (Å²) in [5, 5.41) is 4.36. The first-order chi connectivity index (χ1) is 13.6. The Morgan fingerprint density at radius 3 is 2.00 bits per heavy atom. The van der Waals surface area contributed by atoms with Crippen molar-refractivity contribution < 1.29 is 0 Å². The molecule has 28 heavy (non-hydrogen) atoms. The second-order valence-corrected chi connectivity index (χ2v) is 8.58. The van der Waals surface area contributed by atoms with Gasteiger partial charge in [0.15, 0.2) is 0 Å². The Hall–Kier alpha value is -1.64. The number of hydrogen-bond donors (Lipinski definition) is 0. The van der Waals surface area contributed by atoms with Crippen molar-refractivity contribution in [1.29, 1.82) is 0 Å². The van der Waals surface area contributed by atoms with E-state index in [2.05, 4.69) is 49.9 Å². The van der Waals surface area contributed by atoms with Crippen molar-refractivity contribution in [2.24, 2.45) is 0 Å². The van der Waals surface area contributed by atoms with E-state index < -0.39 is 0 Å². The summed E-state index contributed by atoms with van der Waals surface area (Å²) in [5.41, 5.74) is 5.70. The molecule has 2 rings (SSSR count). The Labute approximate surface area is 173 Å². The molecule has 0 aliphatic rings. The zero-order valence-electron chi connectivity index (χ0n) is 18.7. The van der Waals surface area contributed by atoms with Gasteiger partial charge in [0.05, 0.1) is 0 Å². The van der Waals surface area contributed by atoms with Crippen LogP contribution >= 0.6 is 0 Å². The van der Waals surface area contributed by atoms with Crippen LogP contribution in [0.1, 0.15) is 106 Å². The number of unbranched alkanes of at least 4 members (excludes halogenated alkanes) is 9. The molecule has 0 amide bonds. The molecule has 3 nitrogen and oxygen atoms in total. The van der Waals surface area contributed by atoms with Gasteiger partial charge in [-0.3, -0.25) is 4.68 Å². The molecule has 0 bridgehead atoms. The lowest BCUT2D eigenvalue weighted by molar-refractivity contribution is 0.459. The standard InChI is InChI=1S/C25H41N3/c1-5-6-7-8-9-10-11-12-13-14-15-24(18-28-20-26-19-27-28)25-17-22(3)21(2)16-23(25)4/h16-17,19-20,24H,5-15,18H2,1-4H3. The van der Waals surface area contributed by atoms with E-state index in [1.54, 1.807) is 6.33 Å². The van der Waals surface area contributed by atoms with E-state index in [0.29, 0.717) is 5.92 Å². The number of hydrogen-bond acceptors (Lipinski definition) is 2. The fraction of sp³-hybridized carbons (Fsp3) is 0.680. The van der Waals surface area contributed by atoms with Gasteiger partial charge in [-0.1, -0.05) is 83.3 Å². The van der Waals surface area contributed by atoms with Crippen LogP contribution in [0.15, 0.2) is 24.8 Å². The van der Waals surface area contributed by atoms with Crippen LogP contribution in [0, 0.1) is 20.8 Å². The molecule has 3 heteroatoms. The summed E-state index contributed by atoms with van der Waals surface area (Å²) in [6, 6.07) is 4.75. The van der Waals surface area contributed by atoms with Gasteiger partial charge in [0.2, 0.25) is 0 Å². The van der Waals surface area contributed by atoms with Gasteiger partial charge in [-0.2, -0.15) is 5.10 Å². The third kappa shape index (κ3) is 7.77. The minimum atomic E-state index is 0.523. The Morgan fingerprint density at radius 2 is 1.39 bits per heavy atom. The summed E-state index contributed by atoms with van der Waals surface area (Å²) in [4.78, 5) is 4.13. The van der Waals surface area contributed by atoms with Crippen molar-refractivity contribution in [1.82, 2.24) is 14.8 Å². The maximum Gasteiger partial charge on any atom is 0.137 e. The van der Waals surface area contributed by atoms with E-state index in [1.807, 2.05) is 11.0 Å². The molecule has 156 valence electrons. The summed E-state index contributed by atoms with van der Waals surface area (Å²) in [6.45, 7) is 9.91. The number of rotatable bonds is 14. The highest BCUT2D eigenvalue weighted by molar-refractivity contribution is 5.38. The Kier molecular flexibility index (Phi) is 10.3. The van der Waals surface area contributed by atoms with E-state index in [0.717, 1.165) is 6.54 Å². The quantitative estimate of drug-likeness (QED) is 0.320. The molecule has 0 saturated heterocycles. The van der Waals surface area contributed by atoms with Crippen molar-refractivity contribution in [2.75, 3.05) is 0 Å². The monoisotopic (exact) mass is 383 g/mol. The number of nitrogens with zero attached hydrogens (tertiary/aromatic N) is 3. The zero-order chi connectivity index (χ0) is 20.2. The van der Waals surface area contributed by atoms with Crippen LogP contribution in [-0.4, -0.2) is 14.8 Å². The van der Waals surface area contributed by atoms with E-state index in [4.69, 9.17) is 0 Å². The lowest BCUT2D eigenvalue weighted by Gasteiger charge is -2.21. The molecule has 0 N–H and O–H groups in total. The van der Waals surface area contributed by atoms with E-state index in [-0.39, 0.29) is 0 Å². The van der Waals surface area contributed by atoms with Gasteiger partial charge in [0.1, 0.15) is 12.7 Å². The summed E-state index contributed by atoms with van der Waals surface area (Å²) in [5.74, 6) is 0.523. The number of aromatic nitrogens is 3. The summed E-state index contributed by atoms with van der Waals surface area (Å²) >= 11 is 0. The molecule has 1 atom stereocenters. The predicted octanol–water partition coefficient (Wildman–Crippen LogP) is 7.30. The van der Waals surface area contributed by atoms with Crippen molar-refractivity contribution in [3.05, 3.63) is 47.0 Å². The summed E-state index contributed by atoms with van der Waals surface area (Å²) < 4.78 is 2.00. The van der Waals surface area contributed by atoms with Gasteiger partial charge >= 0.3 is 0 Å². The normalized spacial score (nSPS) is 12.4. The maximum atomic E-state index is 4.36. The van der Waals surface area contributed by atoms with Gasteiger partial charge in [0, 0.05) is 12.5 Å². The predicted molar refractivity (Wildman–Crippen MR) is 120 cm³/mol. The summed E-state index contributed by atoms with van der Waals surface area (Å²) in [6.07, 6.45) is 18.6. The van der Waals surface area contributed by atoms with Gasteiger partial charge in [0.25, 0.3) is 0 Å². The molecule has 0 aliphatic heterocycles. The van der Waals surface area contributed by atoms with Crippen LogP contribution in [0.5, 0.6) is 0 Å². The zero-order valence-corrected chi connectivity index (χ0v) is 18.7. The minimum absolute atomic E-state index is 0.523. The number of aryl methyl sites for hydroxylation is 3. The first kappa shape index (κ1) is 22.6. The molecule has 0 fully saturated rings. The maximum absolute atomic E-state index is 4.36. The van der Waals surface area contributed by atoms with Gasteiger partial charge < -0.3 is 0 Å². The lowest BCUT2D eigenvalue weighted by Crippen LogP contribution is -2.12. The van der Waals surface area contributed by atoms with Crippen LogP contribution in [0.4, 0.5) is 0 Å². The van der Waals surface area contributed by atoms with Crippen molar-refractivity contribution in [2.45, 2.75) is 111 Å². The van der Waals surface area contributed by atoms with Crippen LogP contribution in [-0.2, 0) is 6.54 Å². The van der Waals surface area contributed by atoms with Crippen LogP contribution < -0.4 is 0 Å². The van der Waals surface area contributed by atoms with Crippen molar-refractivity contribution in [3.8, 4) is 0 Å². The molecular weight excluding hydrogens is 342 g/mol. The second kappa shape index (κ2) is 12.7. The molecule has 0 radical (unpaired) electrons. The Morgan fingerprint density at radius 1 is 0.786 bits per heavy atom. The second-order valence-electron chi connectivity index (χ2n) is 8.58. The van der Waals surface area contributed by atoms with Gasteiger partial charge in [-0.15, -0.1) is 0 Å². The molecule has 0 saturated carbocycles. The van der Waals surface area contributed by atoms with Crippen molar-refractivity contribution in [3.63, 3.8) is 0 Å². The molecular formula is C25H41N3. The molecule has 0 aliphatic carbocycles. The third-order valence-electron chi connectivity index (χ3n) is 6.10. The fourth-order valence-electron chi connectivity index (χ4n) is 4.20. The topological polar surface area (TPSA) is 30.7 Å². The molecule has 1 aromatic carbocycles. The molecule has 1 unspecified atom stereocenters. The smallest absolute Gasteiger partial charge is 0.137 e. The Bertz CT molecular complexity index is 661. The third-order valence-corrected chi connectivity index (χ3v) is 6.10. The highest BCUT2D eigenvalue weighted by Gasteiger charge is 2.16. The van der Waals surface area contributed by atoms with E-state index >= 15 is 0 Å². The first-order valence-corrected chi connectivity index (χ1v) is 11.5. The van der Waals surface area contributed by atoms with Gasteiger partial charge in [-0.05, 0) is 49.4 Å². The highest BCUT2D eigenvalue weighted by atomic mass is 15.3. The van der Waals surface area contributed by atoms with E-state index in [9.17, 15) is 0 Å². The fourth-order valence-corrected chi connectivity index (χ4v) is 4.20. The SMILES string of the molecule is CCCCCCCCCCCCC(Cn1cncn1)c1cc(C)c(C)cc1C. The average Bonchev–Trinajstić information content (AvgIpc) is 3.18. The number of benzene rings is 1. The average molecular weight is 384 g/mol. The molecule has 1 heterocycles. The highest BCUT2D eigenvalue weighted by Crippen LogP contribution is 2.29. The lowest BCUT2D eigenvalue weighted by atomic mass is 9.87. The van der Waals surface area contributed by atoms with E-state index in [1.165, 1.54) is 92.9 Å². The molecule has 1 aromatic heterocycles. The Balaban J connectivity index is 1.80. The van der Waals surface area contributed by atoms with Crippen LogP contribution in [0.2, 0.25) is 0 Å². The minimum Gasteiger partial charge on any atom is -0.252 e.